The molecule has 1 spiro atoms. The van der Waals surface area contributed by atoms with Crippen molar-refractivity contribution < 1.29 is 14.3 Å². The van der Waals surface area contributed by atoms with Gasteiger partial charge in [0.1, 0.15) is 6.10 Å². The summed E-state index contributed by atoms with van der Waals surface area (Å²) in [7, 11) is 0. The number of rotatable bonds is 1. The first-order chi connectivity index (χ1) is 8.04. The Labute approximate surface area is 102 Å². The van der Waals surface area contributed by atoms with Gasteiger partial charge in [-0.2, -0.15) is 0 Å². The molecule has 0 amide bonds. The van der Waals surface area contributed by atoms with Crippen molar-refractivity contribution in [1.82, 2.24) is 0 Å². The highest BCUT2D eigenvalue weighted by Crippen LogP contribution is 2.49. The normalized spacial score (nSPS) is 37.2. The van der Waals surface area contributed by atoms with E-state index in [9.17, 15) is 9.59 Å². The molecule has 0 radical (unpaired) electrons. The Balaban J connectivity index is 2.26. The molecule has 0 aromatic heterocycles. The molecule has 1 saturated carbocycles. The molecule has 0 unspecified atom stereocenters. The maximum atomic E-state index is 11.7. The second-order valence-electron chi connectivity index (χ2n) is 5.41. The molecule has 3 heteroatoms. The van der Waals surface area contributed by atoms with Crippen LogP contribution >= 0.6 is 0 Å². The molecule has 0 bridgehead atoms. The summed E-state index contributed by atoms with van der Waals surface area (Å²) < 4.78 is 5.48. The molecule has 2 aliphatic rings. The lowest BCUT2D eigenvalue weighted by Crippen LogP contribution is -2.48. The van der Waals surface area contributed by atoms with Crippen LogP contribution in [0.25, 0.3) is 0 Å². The predicted octanol–water partition coefficient (Wildman–Crippen LogP) is 2.64. The van der Waals surface area contributed by atoms with Gasteiger partial charge < -0.3 is 4.74 Å². The number of carbonyl (C=O) groups excluding carboxylic acids is 2. The molecule has 2 aliphatic carbocycles. The van der Waals surface area contributed by atoms with Gasteiger partial charge in [0.25, 0.3) is 0 Å². The third-order valence-corrected chi connectivity index (χ3v) is 4.34. The van der Waals surface area contributed by atoms with Gasteiger partial charge in [0.2, 0.25) is 0 Å². The summed E-state index contributed by atoms with van der Waals surface area (Å²) in [5.74, 6) is 0.377. The van der Waals surface area contributed by atoms with E-state index in [1.165, 1.54) is 6.92 Å². The zero-order valence-electron chi connectivity index (χ0n) is 10.6. The van der Waals surface area contributed by atoms with Crippen molar-refractivity contribution in [1.29, 1.82) is 0 Å². The van der Waals surface area contributed by atoms with Gasteiger partial charge in [-0.1, -0.05) is 13.0 Å². The highest BCUT2D eigenvalue weighted by molar-refractivity contribution is 5.91. The molecule has 94 valence electrons. The maximum absolute atomic E-state index is 11.7. The molecule has 3 atom stereocenters. The molecular weight excluding hydrogens is 216 g/mol. The van der Waals surface area contributed by atoms with Crippen LogP contribution in [-0.4, -0.2) is 17.9 Å². The van der Waals surface area contributed by atoms with Gasteiger partial charge in [0.15, 0.2) is 5.78 Å². The van der Waals surface area contributed by atoms with Crippen LogP contribution in [-0.2, 0) is 14.3 Å². The minimum atomic E-state index is -0.231. The van der Waals surface area contributed by atoms with Gasteiger partial charge in [-0.25, -0.2) is 0 Å². The Hall–Kier alpha value is -1.12. The lowest BCUT2D eigenvalue weighted by atomic mass is 9.59. The molecule has 0 aromatic rings. The van der Waals surface area contributed by atoms with Crippen LogP contribution in [0.3, 0.4) is 0 Å². The van der Waals surface area contributed by atoms with Crippen LogP contribution < -0.4 is 0 Å². The van der Waals surface area contributed by atoms with Crippen LogP contribution in [0.1, 0.15) is 46.0 Å². The van der Waals surface area contributed by atoms with Gasteiger partial charge in [-0.3, -0.25) is 9.59 Å². The van der Waals surface area contributed by atoms with Crippen molar-refractivity contribution in [2.45, 2.75) is 52.1 Å². The fraction of sp³-hybridized carbons (Fsp3) is 0.714. The van der Waals surface area contributed by atoms with Crippen molar-refractivity contribution in [2.24, 2.45) is 11.3 Å². The van der Waals surface area contributed by atoms with Crippen molar-refractivity contribution in [3.05, 3.63) is 12.2 Å². The van der Waals surface area contributed by atoms with E-state index < -0.39 is 0 Å². The van der Waals surface area contributed by atoms with Gasteiger partial charge >= 0.3 is 5.97 Å². The number of ether oxygens (including phenoxy) is 1. The minimum absolute atomic E-state index is 0.0855. The summed E-state index contributed by atoms with van der Waals surface area (Å²) in [5.41, 5.74) is -0.143. The summed E-state index contributed by atoms with van der Waals surface area (Å²) in [5, 5.41) is 0. The van der Waals surface area contributed by atoms with Crippen molar-refractivity contribution in [3.8, 4) is 0 Å². The fourth-order valence-electron chi connectivity index (χ4n) is 3.36. The number of allylic oxidation sites excluding steroid dienone is 2. The first kappa shape index (κ1) is 12.3. The van der Waals surface area contributed by atoms with E-state index in [1.807, 2.05) is 6.08 Å². The average molecular weight is 236 g/mol. The molecule has 0 N–H and O–H groups in total. The molecule has 0 saturated heterocycles. The van der Waals surface area contributed by atoms with Crippen LogP contribution in [0.2, 0.25) is 0 Å². The molecule has 3 nitrogen and oxygen atoms in total. The number of hydrogen-bond donors (Lipinski definition) is 0. The van der Waals surface area contributed by atoms with Crippen LogP contribution in [0, 0.1) is 11.3 Å². The van der Waals surface area contributed by atoms with Gasteiger partial charge in [0.05, 0.1) is 0 Å². The molecule has 0 heterocycles. The molecule has 0 aliphatic heterocycles. The minimum Gasteiger partial charge on any atom is -0.462 e. The summed E-state index contributed by atoms with van der Waals surface area (Å²) in [6.45, 7) is 3.63. The molecule has 17 heavy (non-hydrogen) atoms. The summed E-state index contributed by atoms with van der Waals surface area (Å²) in [4.78, 5) is 22.9. The summed E-state index contributed by atoms with van der Waals surface area (Å²) in [6.07, 6.45) is 8.02. The lowest BCUT2D eigenvalue weighted by Gasteiger charge is -2.48. The fourth-order valence-corrected chi connectivity index (χ4v) is 3.36. The van der Waals surface area contributed by atoms with Gasteiger partial charge in [-0.05, 0) is 37.7 Å². The Morgan fingerprint density at radius 3 is 2.88 bits per heavy atom. The number of hydrogen-bond acceptors (Lipinski definition) is 3. The first-order valence-electron chi connectivity index (χ1n) is 6.41. The van der Waals surface area contributed by atoms with Gasteiger partial charge in [-0.15, -0.1) is 0 Å². The van der Waals surface area contributed by atoms with Crippen LogP contribution in [0.4, 0.5) is 0 Å². The molecule has 1 fully saturated rings. The highest BCUT2D eigenvalue weighted by Gasteiger charge is 2.48. The standard InChI is InChI=1S/C14H20O3/c1-10-5-3-7-13(17-11(2)15)14(10)8-4-6-12(16)9-14/h4,6,10,13H,3,5,7-9H2,1-2H3/t10-,13-,14-/m1/s1. The maximum Gasteiger partial charge on any atom is 0.302 e. The van der Waals surface area contributed by atoms with E-state index in [4.69, 9.17) is 4.74 Å². The Bertz CT molecular complexity index is 358. The zero-order chi connectivity index (χ0) is 12.5. The summed E-state index contributed by atoms with van der Waals surface area (Å²) in [6, 6.07) is 0. The first-order valence-corrected chi connectivity index (χ1v) is 6.41. The highest BCUT2D eigenvalue weighted by atomic mass is 16.5. The predicted molar refractivity (Wildman–Crippen MR) is 64.4 cm³/mol. The SMILES string of the molecule is CC(=O)O[C@@H]1CCC[C@@H](C)[C@]12CC=CC(=O)C2. The van der Waals surface area contributed by atoms with E-state index >= 15 is 0 Å². The number of carbonyl (C=O) groups is 2. The largest absolute Gasteiger partial charge is 0.462 e. The zero-order valence-corrected chi connectivity index (χ0v) is 10.6. The van der Waals surface area contributed by atoms with Crippen LogP contribution in [0.5, 0.6) is 0 Å². The third kappa shape index (κ3) is 2.28. The van der Waals surface area contributed by atoms with E-state index in [1.54, 1.807) is 6.08 Å². The van der Waals surface area contributed by atoms with Crippen molar-refractivity contribution in [3.63, 3.8) is 0 Å². The van der Waals surface area contributed by atoms with Crippen molar-refractivity contribution in [2.75, 3.05) is 0 Å². The van der Waals surface area contributed by atoms with E-state index in [-0.39, 0.29) is 23.3 Å². The summed E-state index contributed by atoms with van der Waals surface area (Å²) >= 11 is 0. The Morgan fingerprint density at radius 1 is 1.47 bits per heavy atom. The molecule has 0 aromatic carbocycles. The monoisotopic (exact) mass is 236 g/mol. The third-order valence-electron chi connectivity index (χ3n) is 4.34. The second-order valence-corrected chi connectivity index (χ2v) is 5.41. The number of ketones is 1. The van der Waals surface area contributed by atoms with E-state index in [0.29, 0.717) is 12.3 Å². The van der Waals surface area contributed by atoms with E-state index in [2.05, 4.69) is 6.92 Å². The quantitative estimate of drug-likeness (QED) is 0.657. The van der Waals surface area contributed by atoms with Crippen molar-refractivity contribution >= 4 is 11.8 Å². The number of esters is 1. The van der Waals surface area contributed by atoms with Crippen LogP contribution in [0.15, 0.2) is 12.2 Å². The smallest absolute Gasteiger partial charge is 0.302 e. The topological polar surface area (TPSA) is 43.4 Å². The average Bonchev–Trinajstić information content (AvgIpc) is 2.25. The molecular formula is C14H20O3. The Morgan fingerprint density at radius 2 is 2.24 bits per heavy atom. The second kappa shape index (κ2) is 4.63. The Kier molecular flexibility index (Phi) is 3.36. The molecule has 2 rings (SSSR count). The van der Waals surface area contributed by atoms with E-state index in [0.717, 1.165) is 25.7 Å². The lowest BCUT2D eigenvalue weighted by molar-refractivity contribution is -0.163. The van der Waals surface area contributed by atoms with Gasteiger partial charge in [0, 0.05) is 18.8 Å².